The zero-order valence-corrected chi connectivity index (χ0v) is 14.7. The van der Waals surface area contributed by atoms with Crippen LogP contribution in [-0.2, 0) is 14.4 Å². The molecule has 0 unspecified atom stereocenters. The number of nitrogens with two attached hydrogens (primary N) is 2. The van der Waals surface area contributed by atoms with Crippen molar-refractivity contribution in [3.8, 4) is 0 Å². The first-order valence-electron chi connectivity index (χ1n) is 8.77. The summed E-state index contributed by atoms with van der Waals surface area (Å²) in [5.74, 6) is -2.19. The molecular formula is C16H30N4O5. The number of amides is 2. The second-order valence-corrected chi connectivity index (χ2v) is 6.50. The van der Waals surface area contributed by atoms with E-state index >= 15 is 0 Å². The van der Waals surface area contributed by atoms with Gasteiger partial charge in [-0.05, 0) is 39.2 Å². The van der Waals surface area contributed by atoms with Crippen LogP contribution in [0.5, 0.6) is 0 Å². The van der Waals surface area contributed by atoms with E-state index in [2.05, 4.69) is 5.32 Å². The van der Waals surface area contributed by atoms with Crippen molar-refractivity contribution in [3.63, 3.8) is 0 Å². The number of nitrogens with zero attached hydrogens (tertiary/aromatic N) is 1. The van der Waals surface area contributed by atoms with Crippen molar-refractivity contribution >= 4 is 17.8 Å². The maximum atomic E-state index is 12.5. The molecule has 0 radical (unpaired) electrons. The smallest absolute Gasteiger partial charge is 0.328 e. The van der Waals surface area contributed by atoms with Crippen LogP contribution < -0.4 is 16.8 Å². The van der Waals surface area contributed by atoms with E-state index in [-0.39, 0.29) is 5.91 Å². The number of aliphatic hydroxyl groups is 1. The number of carbonyl (C=O) groups excluding carboxylic acids is 2. The number of hydrogen-bond acceptors (Lipinski definition) is 6. The number of carboxylic acids is 1. The topological polar surface area (TPSA) is 159 Å². The molecule has 0 aromatic rings. The Kier molecular flexibility index (Phi) is 8.81. The molecule has 0 aliphatic carbocycles. The zero-order chi connectivity index (χ0) is 19.0. The van der Waals surface area contributed by atoms with Gasteiger partial charge in [0.15, 0.2) is 6.04 Å². The van der Waals surface area contributed by atoms with E-state index < -0.39 is 36.1 Å². The van der Waals surface area contributed by atoms with Gasteiger partial charge in [0.2, 0.25) is 11.8 Å². The van der Waals surface area contributed by atoms with Gasteiger partial charge in [0, 0.05) is 6.54 Å². The Morgan fingerprint density at radius 2 is 1.96 bits per heavy atom. The Balaban J connectivity index is 2.63. The summed E-state index contributed by atoms with van der Waals surface area (Å²) in [7, 11) is 0. The van der Waals surface area contributed by atoms with Crippen molar-refractivity contribution in [1.82, 2.24) is 10.2 Å². The molecule has 0 aromatic carbocycles. The van der Waals surface area contributed by atoms with Crippen molar-refractivity contribution in [3.05, 3.63) is 0 Å². The second kappa shape index (κ2) is 10.3. The van der Waals surface area contributed by atoms with E-state index in [1.807, 2.05) is 0 Å². The Hall–Kier alpha value is -1.71. The van der Waals surface area contributed by atoms with Gasteiger partial charge in [0.1, 0.15) is 6.04 Å². The molecule has 0 bridgehead atoms. The van der Waals surface area contributed by atoms with Gasteiger partial charge in [-0.3, -0.25) is 9.59 Å². The molecule has 1 aliphatic rings. The van der Waals surface area contributed by atoms with Gasteiger partial charge in [-0.25, -0.2) is 4.79 Å². The molecule has 1 heterocycles. The van der Waals surface area contributed by atoms with Gasteiger partial charge in [-0.2, -0.15) is 0 Å². The highest BCUT2D eigenvalue weighted by Crippen LogP contribution is 2.19. The third-order valence-electron chi connectivity index (χ3n) is 4.42. The largest absolute Gasteiger partial charge is 0.480 e. The summed E-state index contributed by atoms with van der Waals surface area (Å²) in [6, 6.07) is -2.84. The molecule has 7 N–H and O–H groups in total. The van der Waals surface area contributed by atoms with Gasteiger partial charge in [0.25, 0.3) is 0 Å². The standard InChI is InChI=1S/C16H30N4O5/c1-10(21)13(16(24)25)19-14(22)12-7-5-9-20(12)15(23)11(18)6-3-2-4-8-17/h10-13,21H,2-9,17-18H2,1H3,(H,19,22)(H,24,25)/t10-,11+,12+,13+/m1/s1. The summed E-state index contributed by atoms with van der Waals surface area (Å²) < 4.78 is 0. The Morgan fingerprint density at radius 3 is 2.52 bits per heavy atom. The van der Waals surface area contributed by atoms with E-state index in [4.69, 9.17) is 16.6 Å². The lowest BCUT2D eigenvalue weighted by Crippen LogP contribution is -2.56. The van der Waals surface area contributed by atoms with Crippen LogP contribution in [0, 0.1) is 0 Å². The van der Waals surface area contributed by atoms with Crippen molar-refractivity contribution in [2.45, 2.75) is 69.7 Å². The molecule has 144 valence electrons. The molecule has 1 fully saturated rings. The maximum Gasteiger partial charge on any atom is 0.328 e. The number of hydrogen-bond donors (Lipinski definition) is 5. The third kappa shape index (κ3) is 6.26. The fourth-order valence-corrected chi connectivity index (χ4v) is 2.96. The number of aliphatic hydroxyl groups excluding tert-OH is 1. The molecule has 4 atom stereocenters. The SMILES string of the molecule is C[C@@H](O)[C@H](NC(=O)[C@@H]1CCCN1C(=O)[C@@H](N)CCCCCN)C(=O)O. The van der Waals surface area contributed by atoms with Crippen LogP contribution in [0.2, 0.25) is 0 Å². The van der Waals surface area contributed by atoms with E-state index in [9.17, 15) is 19.5 Å². The number of unbranched alkanes of at least 4 members (excludes halogenated alkanes) is 2. The summed E-state index contributed by atoms with van der Waals surface area (Å²) in [6.07, 6.45) is 2.95. The molecule has 2 amide bonds. The van der Waals surface area contributed by atoms with Crippen molar-refractivity contribution in [2.24, 2.45) is 11.5 Å². The first-order valence-corrected chi connectivity index (χ1v) is 8.77. The first kappa shape index (κ1) is 21.3. The highest BCUT2D eigenvalue weighted by atomic mass is 16.4. The monoisotopic (exact) mass is 358 g/mol. The number of rotatable bonds is 10. The minimum absolute atomic E-state index is 0.297. The van der Waals surface area contributed by atoms with Gasteiger partial charge in [-0.15, -0.1) is 0 Å². The number of carboxylic acid groups (broad SMARTS) is 1. The molecular weight excluding hydrogens is 328 g/mol. The van der Waals surface area contributed by atoms with Crippen molar-refractivity contribution in [1.29, 1.82) is 0 Å². The third-order valence-corrected chi connectivity index (χ3v) is 4.42. The van der Waals surface area contributed by atoms with Gasteiger partial charge in [0.05, 0.1) is 12.1 Å². The zero-order valence-electron chi connectivity index (χ0n) is 14.7. The van der Waals surface area contributed by atoms with Crippen LogP contribution in [0.4, 0.5) is 0 Å². The fraction of sp³-hybridized carbons (Fsp3) is 0.812. The number of nitrogens with one attached hydrogen (secondary N) is 1. The lowest BCUT2D eigenvalue weighted by atomic mass is 10.1. The van der Waals surface area contributed by atoms with E-state index in [1.54, 1.807) is 0 Å². The fourth-order valence-electron chi connectivity index (χ4n) is 2.96. The maximum absolute atomic E-state index is 12.5. The molecule has 1 saturated heterocycles. The summed E-state index contributed by atoms with van der Waals surface area (Å²) in [4.78, 5) is 37.4. The Labute approximate surface area is 147 Å². The van der Waals surface area contributed by atoms with Crippen LogP contribution >= 0.6 is 0 Å². The Morgan fingerprint density at radius 1 is 1.28 bits per heavy atom. The molecule has 0 spiro atoms. The van der Waals surface area contributed by atoms with Crippen molar-refractivity contribution in [2.75, 3.05) is 13.1 Å². The van der Waals surface area contributed by atoms with Crippen LogP contribution in [0.25, 0.3) is 0 Å². The number of likely N-dealkylation sites (tertiary alicyclic amines) is 1. The summed E-state index contributed by atoms with van der Waals surface area (Å²) in [5.41, 5.74) is 11.4. The summed E-state index contributed by atoms with van der Waals surface area (Å²) in [5, 5.41) is 20.8. The van der Waals surface area contributed by atoms with Crippen LogP contribution in [0.1, 0.15) is 45.4 Å². The quantitative estimate of drug-likeness (QED) is 0.306. The molecule has 25 heavy (non-hydrogen) atoms. The molecule has 0 saturated carbocycles. The molecule has 0 aromatic heterocycles. The number of aliphatic carboxylic acids is 1. The summed E-state index contributed by atoms with van der Waals surface area (Å²) >= 11 is 0. The van der Waals surface area contributed by atoms with Crippen LogP contribution in [0.15, 0.2) is 0 Å². The van der Waals surface area contributed by atoms with Gasteiger partial charge in [-0.1, -0.05) is 12.8 Å². The predicted octanol–water partition coefficient (Wildman–Crippen LogP) is -1.23. The van der Waals surface area contributed by atoms with E-state index in [1.165, 1.54) is 11.8 Å². The molecule has 9 nitrogen and oxygen atoms in total. The van der Waals surface area contributed by atoms with E-state index in [0.717, 1.165) is 19.3 Å². The van der Waals surface area contributed by atoms with Crippen molar-refractivity contribution < 1.29 is 24.6 Å². The number of carbonyl (C=O) groups is 3. The van der Waals surface area contributed by atoms with Crippen LogP contribution in [0.3, 0.4) is 0 Å². The molecule has 1 aliphatic heterocycles. The lowest BCUT2D eigenvalue weighted by Gasteiger charge is -2.28. The molecule has 1 rings (SSSR count). The second-order valence-electron chi connectivity index (χ2n) is 6.50. The lowest BCUT2D eigenvalue weighted by molar-refractivity contribution is -0.146. The van der Waals surface area contributed by atoms with Gasteiger partial charge >= 0.3 is 5.97 Å². The highest BCUT2D eigenvalue weighted by Gasteiger charge is 2.38. The molecule has 9 heteroatoms. The Bertz CT molecular complexity index is 471. The average molecular weight is 358 g/mol. The average Bonchev–Trinajstić information content (AvgIpc) is 3.04. The minimum atomic E-state index is -1.41. The summed E-state index contributed by atoms with van der Waals surface area (Å²) in [6.45, 7) is 2.30. The first-order chi connectivity index (χ1) is 11.8. The predicted molar refractivity (Wildman–Crippen MR) is 91.5 cm³/mol. The van der Waals surface area contributed by atoms with E-state index in [0.29, 0.717) is 32.4 Å². The van der Waals surface area contributed by atoms with Gasteiger partial charge < -0.3 is 31.9 Å². The minimum Gasteiger partial charge on any atom is -0.480 e. The normalized spacial score (nSPS) is 20.8. The van der Waals surface area contributed by atoms with Crippen LogP contribution in [-0.4, -0.2) is 70.2 Å². The highest BCUT2D eigenvalue weighted by molar-refractivity contribution is 5.92.